The van der Waals surface area contributed by atoms with Crippen LogP contribution in [-0.4, -0.2) is 15.9 Å². The van der Waals surface area contributed by atoms with Gasteiger partial charge in [0.2, 0.25) is 5.91 Å². The first-order valence-electron chi connectivity index (χ1n) is 7.33. The van der Waals surface area contributed by atoms with E-state index in [0.29, 0.717) is 6.42 Å². The second-order valence-corrected chi connectivity index (χ2v) is 5.72. The molecule has 3 rings (SSSR count). The highest BCUT2D eigenvalue weighted by atomic mass is 16.1. The first kappa shape index (κ1) is 14.3. The lowest BCUT2D eigenvalue weighted by Gasteiger charge is -2.09. The molecule has 0 unspecified atom stereocenters. The van der Waals surface area contributed by atoms with E-state index in [4.69, 9.17) is 0 Å². The molecular formula is C18H19N3O. The number of hydrogen-bond acceptors (Lipinski definition) is 2. The number of benzene rings is 2. The lowest BCUT2D eigenvalue weighted by atomic mass is 10.1. The van der Waals surface area contributed by atoms with Crippen LogP contribution in [-0.2, 0) is 11.2 Å². The SMILES string of the molecule is Cc1ccc(NC(=O)Cc2ccc3nc(C)[nH]c3c2)c(C)c1. The highest BCUT2D eigenvalue weighted by Gasteiger charge is 2.08. The molecule has 112 valence electrons. The van der Waals surface area contributed by atoms with Crippen molar-refractivity contribution in [2.45, 2.75) is 27.2 Å². The molecule has 0 radical (unpaired) electrons. The van der Waals surface area contributed by atoms with Crippen LogP contribution >= 0.6 is 0 Å². The summed E-state index contributed by atoms with van der Waals surface area (Å²) in [6, 6.07) is 11.9. The number of aromatic amines is 1. The lowest BCUT2D eigenvalue weighted by molar-refractivity contribution is -0.115. The van der Waals surface area contributed by atoms with Crippen LogP contribution in [0.1, 0.15) is 22.5 Å². The molecule has 0 fully saturated rings. The molecule has 2 N–H and O–H groups in total. The molecule has 0 aliphatic carbocycles. The molecule has 1 aromatic heterocycles. The zero-order valence-corrected chi connectivity index (χ0v) is 13.0. The Labute approximate surface area is 129 Å². The van der Waals surface area contributed by atoms with Gasteiger partial charge in [-0.15, -0.1) is 0 Å². The van der Waals surface area contributed by atoms with Crippen molar-refractivity contribution < 1.29 is 4.79 Å². The molecule has 1 heterocycles. The average Bonchev–Trinajstić information content (AvgIpc) is 2.81. The predicted octanol–water partition coefficient (Wildman–Crippen LogP) is 3.67. The minimum atomic E-state index is -0.0115. The van der Waals surface area contributed by atoms with Crippen LogP contribution < -0.4 is 5.32 Å². The zero-order chi connectivity index (χ0) is 15.7. The molecule has 1 amide bonds. The fourth-order valence-electron chi connectivity index (χ4n) is 2.63. The third-order valence-corrected chi connectivity index (χ3v) is 3.69. The molecule has 2 aromatic carbocycles. The number of hydrogen-bond donors (Lipinski definition) is 2. The van der Waals surface area contributed by atoms with Crippen LogP contribution in [0.15, 0.2) is 36.4 Å². The Morgan fingerprint density at radius 3 is 2.73 bits per heavy atom. The molecule has 0 atom stereocenters. The Bertz CT molecular complexity index is 849. The van der Waals surface area contributed by atoms with Gasteiger partial charge in [0.15, 0.2) is 0 Å². The van der Waals surface area contributed by atoms with Gasteiger partial charge >= 0.3 is 0 Å². The first-order chi connectivity index (χ1) is 10.5. The van der Waals surface area contributed by atoms with Gasteiger partial charge in [-0.05, 0) is 50.1 Å². The van der Waals surface area contributed by atoms with Crippen LogP contribution in [0.4, 0.5) is 5.69 Å². The third kappa shape index (κ3) is 3.01. The predicted molar refractivity (Wildman–Crippen MR) is 89.1 cm³/mol. The molecule has 0 bridgehead atoms. The summed E-state index contributed by atoms with van der Waals surface area (Å²) in [5, 5.41) is 2.97. The molecule has 0 aliphatic rings. The molecule has 4 heteroatoms. The van der Waals surface area contributed by atoms with E-state index >= 15 is 0 Å². The van der Waals surface area contributed by atoms with Crippen molar-refractivity contribution in [3.05, 3.63) is 58.9 Å². The van der Waals surface area contributed by atoms with E-state index in [1.807, 2.05) is 51.1 Å². The summed E-state index contributed by atoms with van der Waals surface area (Å²) in [5.74, 6) is 0.870. The fourth-order valence-corrected chi connectivity index (χ4v) is 2.63. The highest BCUT2D eigenvalue weighted by molar-refractivity contribution is 5.93. The molecule has 3 aromatic rings. The first-order valence-corrected chi connectivity index (χ1v) is 7.33. The number of imidazole rings is 1. The molecule has 0 spiro atoms. The van der Waals surface area contributed by atoms with Gasteiger partial charge in [0.05, 0.1) is 17.5 Å². The summed E-state index contributed by atoms with van der Waals surface area (Å²) in [6.07, 6.45) is 0.349. The second-order valence-electron chi connectivity index (χ2n) is 5.72. The molecule has 22 heavy (non-hydrogen) atoms. The third-order valence-electron chi connectivity index (χ3n) is 3.69. The number of aryl methyl sites for hydroxylation is 3. The summed E-state index contributed by atoms with van der Waals surface area (Å²) in [5.41, 5.74) is 6.00. The summed E-state index contributed by atoms with van der Waals surface area (Å²) < 4.78 is 0. The summed E-state index contributed by atoms with van der Waals surface area (Å²) in [7, 11) is 0. The van der Waals surface area contributed by atoms with Crippen molar-refractivity contribution >= 4 is 22.6 Å². The lowest BCUT2D eigenvalue weighted by Crippen LogP contribution is -2.15. The van der Waals surface area contributed by atoms with E-state index in [1.165, 1.54) is 5.56 Å². The zero-order valence-electron chi connectivity index (χ0n) is 13.0. The minimum absolute atomic E-state index is 0.0115. The van der Waals surface area contributed by atoms with Gasteiger partial charge in [0.1, 0.15) is 5.82 Å². The van der Waals surface area contributed by atoms with Crippen molar-refractivity contribution in [3.8, 4) is 0 Å². The van der Waals surface area contributed by atoms with Crippen LogP contribution in [0.25, 0.3) is 11.0 Å². The number of rotatable bonds is 3. The Kier molecular flexibility index (Phi) is 3.67. The average molecular weight is 293 g/mol. The number of anilines is 1. The van der Waals surface area contributed by atoms with E-state index in [1.54, 1.807) is 0 Å². The number of nitrogens with zero attached hydrogens (tertiary/aromatic N) is 1. The van der Waals surface area contributed by atoms with E-state index < -0.39 is 0 Å². The van der Waals surface area contributed by atoms with Gasteiger partial charge in [-0.25, -0.2) is 4.98 Å². The number of amides is 1. The standard InChI is InChI=1S/C18H19N3O/c1-11-4-6-15(12(2)8-11)21-18(22)10-14-5-7-16-17(9-14)20-13(3)19-16/h4-9H,10H2,1-3H3,(H,19,20)(H,21,22). The van der Waals surface area contributed by atoms with Crippen molar-refractivity contribution in [2.75, 3.05) is 5.32 Å². The van der Waals surface area contributed by atoms with E-state index in [2.05, 4.69) is 21.4 Å². The maximum absolute atomic E-state index is 12.2. The van der Waals surface area contributed by atoms with Gasteiger partial charge in [-0.3, -0.25) is 4.79 Å². The number of nitrogens with one attached hydrogen (secondary N) is 2. The van der Waals surface area contributed by atoms with Crippen LogP contribution in [0.2, 0.25) is 0 Å². The normalized spacial score (nSPS) is 10.9. The van der Waals surface area contributed by atoms with Gasteiger partial charge in [0, 0.05) is 5.69 Å². The number of H-pyrrole nitrogens is 1. The van der Waals surface area contributed by atoms with Gasteiger partial charge in [-0.2, -0.15) is 0 Å². The largest absolute Gasteiger partial charge is 0.342 e. The number of aromatic nitrogens is 2. The molecule has 0 saturated carbocycles. The van der Waals surface area contributed by atoms with Gasteiger partial charge < -0.3 is 10.3 Å². The number of fused-ring (bicyclic) bond motifs is 1. The van der Waals surface area contributed by atoms with Gasteiger partial charge in [-0.1, -0.05) is 23.8 Å². The minimum Gasteiger partial charge on any atom is -0.342 e. The highest BCUT2D eigenvalue weighted by Crippen LogP contribution is 2.17. The second kappa shape index (κ2) is 5.64. The summed E-state index contributed by atoms with van der Waals surface area (Å²) in [6.45, 7) is 5.97. The van der Waals surface area contributed by atoms with Crippen molar-refractivity contribution in [1.82, 2.24) is 9.97 Å². The Hall–Kier alpha value is -2.62. The Balaban J connectivity index is 1.74. The Morgan fingerprint density at radius 2 is 1.95 bits per heavy atom. The van der Waals surface area contributed by atoms with Crippen molar-refractivity contribution in [3.63, 3.8) is 0 Å². The number of carbonyl (C=O) groups is 1. The monoisotopic (exact) mass is 293 g/mol. The van der Waals surface area contributed by atoms with Gasteiger partial charge in [0.25, 0.3) is 0 Å². The van der Waals surface area contributed by atoms with Crippen LogP contribution in [0, 0.1) is 20.8 Å². The van der Waals surface area contributed by atoms with E-state index in [-0.39, 0.29) is 5.91 Å². The summed E-state index contributed by atoms with van der Waals surface area (Å²) >= 11 is 0. The quantitative estimate of drug-likeness (QED) is 0.774. The fraction of sp³-hybridized carbons (Fsp3) is 0.222. The van der Waals surface area contributed by atoms with Crippen LogP contribution in [0.5, 0.6) is 0 Å². The molecular weight excluding hydrogens is 274 g/mol. The van der Waals surface area contributed by atoms with Crippen molar-refractivity contribution in [1.29, 1.82) is 0 Å². The maximum Gasteiger partial charge on any atom is 0.228 e. The maximum atomic E-state index is 12.2. The number of carbonyl (C=O) groups excluding carboxylic acids is 1. The molecule has 0 saturated heterocycles. The molecule has 0 aliphatic heterocycles. The summed E-state index contributed by atoms with van der Waals surface area (Å²) in [4.78, 5) is 19.8. The van der Waals surface area contributed by atoms with Crippen LogP contribution in [0.3, 0.4) is 0 Å². The van der Waals surface area contributed by atoms with E-state index in [0.717, 1.165) is 33.7 Å². The topological polar surface area (TPSA) is 57.8 Å². The van der Waals surface area contributed by atoms with E-state index in [9.17, 15) is 4.79 Å². The smallest absolute Gasteiger partial charge is 0.228 e. The Morgan fingerprint density at radius 1 is 1.14 bits per heavy atom. The van der Waals surface area contributed by atoms with Crippen molar-refractivity contribution in [2.24, 2.45) is 0 Å². The molecule has 4 nitrogen and oxygen atoms in total.